The lowest BCUT2D eigenvalue weighted by molar-refractivity contribution is 0.561. The van der Waals surface area contributed by atoms with E-state index in [-0.39, 0.29) is 5.63 Å². The molecule has 1 aromatic heterocycles. The van der Waals surface area contributed by atoms with E-state index in [0.717, 1.165) is 16.5 Å². The van der Waals surface area contributed by atoms with Crippen LogP contribution in [0.1, 0.15) is 11.1 Å². The summed E-state index contributed by atoms with van der Waals surface area (Å²) in [7, 11) is 0. The van der Waals surface area contributed by atoms with Gasteiger partial charge in [-0.25, -0.2) is 4.79 Å². The van der Waals surface area contributed by atoms with E-state index in [2.05, 4.69) is 11.8 Å². The third-order valence-corrected chi connectivity index (χ3v) is 2.75. The third-order valence-electron chi connectivity index (χ3n) is 2.75. The molecular formula is C17H10O2. The highest BCUT2D eigenvalue weighted by molar-refractivity contribution is 5.77. The molecule has 3 rings (SSSR count). The molecule has 0 saturated heterocycles. The molecule has 0 aliphatic rings. The Kier molecular flexibility index (Phi) is 2.88. The van der Waals surface area contributed by atoms with Crippen LogP contribution in [0.25, 0.3) is 11.0 Å². The van der Waals surface area contributed by atoms with Gasteiger partial charge in [0.05, 0.1) is 0 Å². The molecule has 0 saturated carbocycles. The quantitative estimate of drug-likeness (QED) is 0.450. The SMILES string of the molecule is O=c1ccc2ccc(C#Cc3ccccc3)cc2o1. The van der Waals surface area contributed by atoms with Crippen molar-refractivity contribution < 1.29 is 4.42 Å². The minimum atomic E-state index is -0.347. The molecular weight excluding hydrogens is 236 g/mol. The maximum atomic E-state index is 11.2. The van der Waals surface area contributed by atoms with Crippen molar-refractivity contribution in [3.05, 3.63) is 82.2 Å². The van der Waals surface area contributed by atoms with Crippen molar-refractivity contribution in [2.24, 2.45) is 0 Å². The van der Waals surface area contributed by atoms with Crippen LogP contribution in [0.3, 0.4) is 0 Å². The Balaban J connectivity index is 2.03. The van der Waals surface area contributed by atoms with E-state index in [1.807, 2.05) is 42.5 Å². The van der Waals surface area contributed by atoms with Crippen LogP contribution in [0.15, 0.2) is 69.9 Å². The molecule has 0 N–H and O–H groups in total. The first kappa shape index (κ1) is 11.3. The minimum Gasteiger partial charge on any atom is -0.423 e. The molecule has 1 heterocycles. The van der Waals surface area contributed by atoms with E-state index in [1.165, 1.54) is 6.07 Å². The van der Waals surface area contributed by atoms with E-state index in [9.17, 15) is 4.79 Å². The van der Waals surface area contributed by atoms with Gasteiger partial charge < -0.3 is 4.42 Å². The lowest BCUT2D eigenvalue weighted by Crippen LogP contribution is -1.94. The van der Waals surface area contributed by atoms with Crippen LogP contribution in [0.2, 0.25) is 0 Å². The molecule has 0 aliphatic carbocycles. The molecule has 0 fully saturated rings. The van der Waals surface area contributed by atoms with E-state index < -0.39 is 0 Å². The summed E-state index contributed by atoms with van der Waals surface area (Å²) < 4.78 is 5.13. The van der Waals surface area contributed by atoms with Crippen LogP contribution in [0, 0.1) is 11.8 Å². The van der Waals surface area contributed by atoms with E-state index >= 15 is 0 Å². The molecule has 0 amide bonds. The van der Waals surface area contributed by atoms with Crippen molar-refractivity contribution in [3.63, 3.8) is 0 Å². The van der Waals surface area contributed by atoms with Crippen molar-refractivity contribution in [1.82, 2.24) is 0 Å². The minimum absolute atomic E-state index is 0.347. The largest absolute Gasteiger partial charge is 0.423 e. The van der Waals surface area contributed by atoms with Crippen molar-refractivity contribution >= 4 is 11.0 Å². The fourth-order valence-electron chi connectivity index (χ4n) is 1.80. The van der Waals surface area contributed by atoms with Gasteiger partial charge in [-0.05, 0) is 36.4 Å². The summed E-state index contributed by atoms with van der Waals surface area (Å²) in [5, 5.41) is 0.893. The number of rotatable bonds is 0. The molecule has 0 spiro atoms. The number of fused-ring (bicyclic) bond motifs is 1. The molecule has 19 heavy (non-hydrogen) atoms. The van der Waals surface area contributed by atoms with Crippen molar-refractivity contribution in [1.29, 1.82) is 0 Å². The monoisotopic (exact) mass is 246 g/mol. The summed E-state index contributed by atoms with van der Waals surface area (Å²) in [6, 6.07) is 18.5. The maximum Gasteiger partial charge on any atom is 0.336 e. The fraction of sp³-hybridized carbons (Fsp3) is 0. The van der Waals surface area contributed by atoms with Crippen LogP contribution in [0.4, 0.5) is 0 Å². The van der Waals surface area contributed by atoms with Gasteiger partial charge in [-0.1, -0.05) is 30.0 Å². The number of hydrogen-bond donors (Lipinski definition) is 0. The van der Waals surface area contributed by atoms with E-state index in [4.69, 9.17) is 4.42 Å². The molecule has 2 aromatic carbocycles. The molecule has 0 atom stereocenters. The molecule has 2 nitrogen and oxygen atoms in total. The Morgan fingerprint density at radius 2 is 1.53 bits per heavy atom. The zero-order valence-electron chi connectivity index (χ0n) is 10.1. The molecule has 0 unspecified atom stereocenters. The summed E-state index contributed by atoms with van der Waals surface area (Å²) in [4.78, 5) is 11.2. The molecule has 3 aromatic rings. The second-order valence-electron chi connectivity index (χ2n) is 4.12. The highest BCUT2D eigenvalue weighted by Gasteiger charge is 1.97. The van der Waals surface area contributed by atoms with Gasteiger partial charge in [-0.3, -0.25) is 0 Å². The van der Waals surface area contributed by atoms with E-state index in [1.54, 1.807) is 12.1 Å². The zero-order chi connectivity index (χ0) is 13.1. The topological polar surface area (TPSA) is 30.2 Å². The van der Waals surface area contributed by atoms with Crippen molar-refractivity contribution in [2.75, 3.05) is 0 Å². The fourth-order valence-corrected chi connectivity index (χ4v) is 1.80. The Labute approximate surface area is 110 Å². The third kappa shape index (κ3) is 2.56. The summed E-state index contributed by atoms with van der Waals surface area (Å²) in [5.74, 6) is 6.13. The average Bonchev–Trinajstić information content (AvgIpc) is 2.46. The van der Waals surface area contributed by atoms with Crippen LogP contribution in [0.5, 0.6) is 0 Å². The number of hydrogen-bond acceptors (Lipinski definition) is 2. The first-order valence-electron chi connectivity index (χ1n) is 5.92. The standard InChI is InChI=1S/C17H10O2/c18-17-11-10-15-9-8-14(12-16(15)19-17)7-6-13-4-2-1-3-5-13/h1-5,8-12H. The smallest absolute Gasteiger partial charge is 0.336 e. The number of benzene rings is 2. The van der Waals surface area contributed by atoms with Gasteiger partial charge in [-0.15, -0.1) is 0 Å². The summed E-state index contributed by atoms with van der Waals surface area (Å²) in [6.07, 6.45) is 0. The molecule has 0 aliphatic heterocycles. The highest BCUT2D eigenvalue weighted by Crippen LogP contribution is 2.13. The van der Waals surface area contributed by atoms with Gasteiger partial charge in [0.2, 0.25) is 0 Å². The highest BCUT2D eigenvalue weighted by atomic mass is 16.4. The Hall–Kier alpha value is -2.79. The van der Waals surface area contributed by atoms with Gasteiger partial charge >= 0.3 is 5.63 Å². The predicted molar refractivity (Wildman–Crippen MR) is 74.9 cm³/mol. The van der Waals surface area contributed by atoms with Crippen molar-refractivity contribution in [3.8, 4) is 11.8 Å². The van der Waals surface area contributed by atoms with Gasteiger partial charge in [0.15, 0.2) is 0 Å². The Morgan fingerprint density at radius 3 is 2.37 bits per heavy atom. The maximum absolute atomic E-state index is 11.2. The van der Waals surface area contributed by atoms with Gasteiger partial charge in [0.25, 0.3) is 0 Å². The molecule has 90 valence electrons. The van der Waals surface area contributed by atoms with Crippen molar-refractivity contribution in [2.45, 2.75) is 0 Å². The van der Waals surface area contributed by atoms with Crippen LogP contribution < -0.4 is 5.63 Å². The Morgan fingerprint density at radius 1 is 0.789 bits per heavy atom. The second kappa shape index (κ2) is 4.83. The summed E-state index contributed by atoms with van der Waals surface area (Å²) in [6.45, 7) is 0. The zero-order valence-corrected chi connectivity index (χ0v) is 10.1. The first-order chi connectivity index (χ1) is 9.31. The first-order valence-corrected chi connectivity index (χ1v) is 5.92. The van der Waals surface area contributed by atoms with Gasteiger partial charge in [0.1, 0.15) is 5.58 Å². The summed E-state index contributed by atoms with van der Waals surface area (Å²) in [5.41, 5.74) is 2.00. The van der Waals surface area contributed by atoms with Crippen LogP contribution in [-0.4, -0.2) is 0 Å². The normalized spacial score (nSPS) is 9.89. The summed E-state index contributed by atoms with van der Waals surface area (Å²) >= 11 is 0. The lowest BCUT2D eigenvalue weighted by Gasteiger charge is -1.96. The van der Waals surface area contributed by atoms with Gasteiger partial charge in [-0.2, -0.15) is 0 Å². The average molecular weight is 246 g/mol. The van der Waals surface area contributed by atoms with Gasteiger partial charge in [0, 0.05) is 22.6 Å². The lowest BCUT2D eigenvalue weighted by atomic mass is 10.1. The second-order valence-corrected chi connectivity index (χ2v) is 4.12. The Bertz CT molecular complexity index is 834. The van der Waals surface area contributed by atoms with E-state index in [0.29, 0.717) is 5.58 Å². The molecule has 0 bridgehead atoms. The van der Waals surface area contributed by atoms with Crippen LogP contribution >= 0.6 is 0 Å². The predicted octanol–water partition coefficient (Wildman–Crippen LogP) is 3.19. The molecule has 0 radical (unpaired) electrons. The van der Waals surface area contributed by atoms with Crippen LogP contribution in [-0.2, 0) is 0 Å². The molecule has 2 heteroatoms.